The lowest BCUT2D eigenvalue weighted by Gasteiger charge is -2.35. The molecule has 1 aliphatic carbocycles. The van der Waals surface area contributed by atoms with Crippen LogP contribution in [0.15, 0.2) is 237 Å². The summed E-state index contributed by atoms with van der Waals surface area (Å²) in [7, 11) is 0. The molecular formula is C55H39N. The largest absolute Gasteiger partial charge is 0.310 e. The predicted octanol–water partition coefficient (Wildman–Crippen LogP) is 14.5. The molecule has 0 saturated carbocycles. The number of rotatable bonds is 8. The van der Waals surface area contributed by atoms with E-state index in [0.29, 0.717) is 0 Å². The Morgan fingerprint density at radius 2 is 0.643 bits per heavy atom. The Bertz CT molecular complexity index is 2710. The van der Waals surface area contributed by atoms with Crippen molar-refractivity contribution >= 4 is 17.1 Å². The van der Waals surface area contributed by atoms with Crippen LogP contribution in [-0.4, -0.2) is 0 Å². The Balaban J connectivity index is 1.14. The molecule has 0 N–H and O–H groups in total. The van der Waals surface area contributed by atoms with Crippen molar-refractivity contribution in [3.8, 4) is 44.5 Å². The van der Waals surface area contributed by atoms with Crippen LogP contribution in [0.4, 0.5) is 17.1 Å². The van der Waals surface area contributed by atoms with Crippen LogP contribution in [0.1, 0.15) is 22.3 Å². The first-order valence-corrected chi connectivity index (χ1v) is 19.3. The van der Waals surface area contributed by atoms with E-state index in [-0.39, 0.29) is 0 Å². The monoisotopic (exact) mass is 713 g/mol. The molecule has 0 fully saturated rings. The minimum atomic E-state index is -0.485. The van der Waals surface area contributed by atoms with E-state index in [0.717, 1.165) is 17.1 Å². The SMILES string of the molecule is c1ccc(-c2ccc(N(c3ccc(-c4cccc(-c5ccccc5)c4)cc3)c3ccc4c(c3)C(c3ccccc3)(c3ccccc3)c3ccccc3-4)cc2)cc1. The van der Waals surface area contributed by atoms with Gasteiger partial charge in [-0.1, -0.05) is 194 Å². The van der Waals surface area contributed by atoms with Gasteiger partial charge in [-0.2, -0.15) is 0 Å². The van der Waals surface area contributed by atoms with Gasteiger partial charge in [-0.15, -0.1) is 0 Å². The maximum absolute atomic E-state index is 2.44. The second kappa shape index (κ2) is 14.2. The normalized spacial score (nSPS) is 12.4. The molecule has 56 heavy (non-hydrogen) atoms. The highest BCUT2D eigenvalue weighted by Crippen LogP contribution is 2.57. The molecule has 0 heterocycles. The van der Waals surface area contributed by atoms with Gasteiger partial charge in [0.15, 0.2) is 0 Å². The first kappa shape index (κ1) is 33.4. The fourth-order valence-corrected chi connectivity index (χ4v) is 8.76. The highest BCUT2D eigenvalue weighted by molar-refractivity contribution is 5.90. The minimum Gasteiger partial charge on any atom is -0.310 e. The summed E-state index contributed by atoms with van der Waals surface area (Å²) in [6, 6.07) is 86.1. The molecule has 0 aliphatic heterocycles. The van der Waals surface area contributed by atoms with Gasteiger partial charge < -0.3 is 4.90 Å². The van der Waals surface area contributed by atoms with Gasteiger partial charge in [0.05, 0.1) is 5.41 Å². The summed E-state index contributed by atoms with van der Waals surface area (Å²) in [5.41, 5.74) is 17.7. The van der Waals surface area contributed by atoms with Crippen LogP contribution in [0.5, 0.6) is 0 Å². The topological polar surface area (TPSA) is 3.24 Å². The maximum atomic E-state index is 2.44. The van der Waals surface area contributed by atoms with Gasteiger partial charge in [-0.05, 0) is 109 Å². The number of hydrogen-bond acceptors (Lipinski definition) is 1. The molecule has 0 bridgehead atoms. The van der Waals surface area contributed by atoms with E-state index in [1.165, 1.54) is 66.8 Å². The summed E-state index contributed by atoms with van der Waals surface area (Å²) >= 11 is 0. The zero-order valence-corrected chi connectivity index (χ0v) is 31.0. The summed E-state index contributed by atoms with van der Waals surface area (Å²) < 4.78 is 0. The van der Waals surface area contributed by atoms with E-state index < -0.39 is 5.41 Å². The zero-order valence-electron chi connectivity index (χ0n) is 31.0. The van der Waals surface area contributed by atoms with Crippen molar-refractivity contribution in [3.63, 3.8) is 0 Å². The Morgan fingerprint density at radius 1 is 0.250 bits per heavy atom. The lowest BCUT2D eigenvalue weighted by atomic mass is 9.67. The van der Waals surface area contributed by atoms with Crippen molar-refractivity contribution in [2.75, 3.05) is 4.90 Å². The molecule has 0 atom stereocenters. The molecule has 0 radical (unpaired) electrons. The molecule has 0 unspecified atom stereocenters. The van der Waals surface area contributed by atoms with E-state index in [9.17, 15) is 0 Å². The first-order valence-electron chi connectivity index (χ1n) is 19.3. The molecule has 9 aromatic carbocycles. The molecule has 1 nitrogen and oxygen atoms in total. The van der Waals surface area contributed by atoms with E-state index in [1.807, 2.05) is 0 Å². The highest BCUT2D eigenvalue weighted by atomic mass is 15.1. The molecule has 0 spiro atoms. The summed E-state index contributed by atoms with van der Waals surface area (Å²) in [5.74, 6) is 0. The van der Waals surface area contributed by atoms with E-state index in [2.05, 4.69) is 241 Å². The summed E-state index contributed by atoms with van der Waals surface area (Å²) in [4.78, 5) is 2.41. The zero-order chi connectivity index (χ0) is 37.3. The van der Waals surface area contributed by atoms with Crippen molar-refractivity contribution in [1.29, 1.82) is 0 Å². The Labute approximate surface area is 329 Å². The molecule has 264 valence electrons. The predicted molar refractivity (Wildman–Crippen MR) is 235 cm³/mol. The number of nitrogens with zero attached hydrogens (tertiary/aromatic N) is 1. The molecule has 10 rings (SSSR count). The van der Waals surface area contributed by atoms with Crippen LogP contribution in [0.25, 0.3) is 44.5 Å². The number of fused-ring (bicyclic) bond motifs is 3. The van der Waals surface area contributed by atoms with Gasteiger partial charge in [0.25, 0.3) is 0 Å². The third-order valence-corrected chi connectivity index (χ3v) is 11.4. The molecular weight excluding hydrogens is 675 g/mol. The van der Waals surface area contributed by atoms with Gasteiger partial charge in [0, 0.05) is 17.1 Å². The fourth-order valence-electron chi connectivity index (χ4n) is 8.76. The second-order valence-electron chi connectivity index (χ2n) is 14.5. The quantitative estimate of drug-likeness (QED) is 0.152. The summed E-state index contributed by atoms with van der Waals surface area (Å²) in [6.45, 7) is 0. The van der Waals surface area contributed by atoms with Crippen LogP contribution in [0.2, 0.25) is 0 Å². The molecule has 1 heteroatoms. The second-order valence-corrected chi connectivity index (χ2v) is 14.5. The number of benzene rings is 9. The Hall–Kier alpha value is -7.22. The summed E-state index contributed by atoms with van der Waals surface area (Å²) in [5, 5.41) is 0. The van der Waals surface area contributed by atoms with Crippen LogP contribution in [0, 0.1) is 0 Å². The minimum absolute atomic E-state index is 0.485. The Morgan fingerprint density at radius 3 is 1.20 bits per heavy atom. The third kappa shape index (κ3) is 5.73. The molecule has 1 aliphatic rings. The number of hydrogen-bond donors (Lipinski definition) is 0. The average Bonchev–Trinajstić information content (AvgIpc) is 3.59. The molecule has 0 saturated heterocycles. The first-order chi connectivity index (χ1) is 27.8. The van der Waals surface area contributed by atoms with Crippen molar-refractivity contribution in [3.05, 3.63) is 259 Å². The van der Waals surface area contributed by atoms with Crippen molar-refractivity contribution < 1.29 is 0 Å². The van der Waals surface area contributed by atoms with Crippen molar-refractivity contribution in [1.82, 2.24) is 0 Å². The van der Waals surface area contributed by atoms with E-state index in [4.69, 9.17) is 0 Å². The van der Waals surface area contributed by atoms with Crippen LogP contribution in [0.3, 0.4) is 0 Å². The standard InChI is InChI=1S/C55H39N/c1-5-16-40(17-6-1)42-28-32-48(33-29-42)56(49-34-30-43(31-35-49)45-21-15-20-44(38-45)41-18-7-2-8-19-41)50-36-37-52-51-26-13-14-27-53(51)55(54(52)39-50,46-22-9-3-10-23-46)47-24-11-4-12-25-47/h1-39H. The lowest BCUT2D eigenvalue weighted by Crippen LogP contribution is -2.28. The fraction of sp³-hybridized carbons (Fsp3) is 0.0182. The van der Waals surface area contributed by atoms with Gasteiger partial charge in [0.2, 0.25) is 0 Å². The molecule has 0 aromatic heterocycles. The average molecular weight is 714 g/mol. The molecule has 9 aromatic rings. The van der Waals surface area contributed by atoms with Crippen LogP contribution in [-0.2, 0) is 5.41 Å². The highest BCUT2D eigenvalue weighted by Gasteiger charge is 2.46. The van der Waals surface area contributed by atoms with Crippen molar-refractivity contribution in [2.24, 2.45) is 0 Å². The van der Waals surface area contributed by atoms with Gasteiger partial charge >= 0.3 is 0 Å². The van der Waals surface area contributed by atoms with Crippen LogP contribution >= 0.6 is 0 Å². The maximum Gasteiger partial charge on any atom is 0.0714 e. The van der Waals surface area contributed by atoms with Crippen LogP contribution < -0.4 is 4.90 Å². The third-order valence-electron chi connectivity index (χ3n) is 11.4. The lowest BCUT2D eigenvalue weighted by molar-refractivity contribution is 0.768. The molecule has 0 amide bonds. The Kier molecular flexibility index (Phi) is 8.46. The number of anilines is 3. The van der Waals surface area contributed by atoms with Crippen molar-refractivity contribution in [2.45, 2.75) is 5.41 Å². The van der Waals surface area contributed by atoms with Gasteiger partial charge in [0.1, 0.15) is 0 Å². The van der Waals surface area contributed by atoms with E-state index in [1.54, 1.807) is 0 Å². The van der Waals surface area contributed by atoms with Gasteiger partial charge in [-0.25, -0.2) is 0 Å². The van der Waals surface area contributed by atoms with Gasteiger partial charge in [-0.3, -0.25) is 0 Å². The summed E-state index contributed by atoms with van der Waals surface area (Å²) in [6.07, 6.45) is 0. The van der Waals surface area contributed by atoms with E-state index >= 15 is 0 Å². The smallest absolute Gasteiger partial charge is 0.0714 e.